The maximum absolute atomic E-state index is 11.6. The topological polar surface area (TPSA) is 72.5 Å². The number of hydrogen-bond donors (Lipinski definition) is 1. The van der Waals surface area contributed by atoms with Crippen molar-refractivity contribution in [3.05, 3.63) is 23.3 Å². The Bertz CT molecular complexity index is 626. The molecule has 0 aliphatic carbocycles. The van der Waals surface area contributed by atoms with Crippen molar-refractivity contribution in [2.75, 3.05) is 13.2 Å². The van der Waals surface area contributed by atoms with Crippen molar-refractivity contribution in [3.8, 4) is 5.75 Å². The molecular weight excluding hydrogens is 314 g/mol. The van der Waals surface area contributed by atoms with Crippen LogP contribution < -0.4 is 10.1 Å². The van der Waals surface area contributed by atoms with Crippen LogP contribution in [0.1, 0.15) is 37.8 Å². The zero-order valence-corrected chi connectivity index (χ0v) is 14.1. The van der Waals surface area contributed by atoms with E-state index in [1.54, 1.807) is 13.0 Å². The lowest BCUT2D eigenvalue weighted by Gasteiger charge is -2.16. The Labute approximate surface area is 130 Å². The van der Waals surface area contributed by atoms with E-state index in [4.69, 9.17) is 15.4 Å². The number of hydrogen-bond acceptors (Lipinski definition) is 4. The van der Waals surface area contributed by atoms with Gasteiger partial charge in [0, 0.05) is 17.2 Å². The summed E-state index contributed by atoms with van der Waals surface area (Å²) in [4.78, 5) is 11.5. The van der Waals surface area contributed by atoms with Gasteiger partial charge in [0.05, 0.1) is 4.90 Å². The molecule has 0 fully saturated rings. The number of amides is 1. The predicted octanol–water partition coefficient (Wildman–Crippen LogP) is 2.56. The van der Waals surface area contributed by atoms with E-state index in [0.717, 1.165) is 0 Å². The normalized spacial score (nSPS) is 11.5. The van der Waals surface area contributed by atoms with Crippen LogP contribution in [0.4, 0.5) is 0 Å². The van der Waals surface area contributed by atoms with Gasteiger partial charge in [0.2, 0.25) is 0 Å². The van der Waals surface area contributed by atoms with E-state index < -0.39 is 9.05 Å². The van der Waals surface area contributed by atoms with Gasteiger partial charge in [-0.1, -0.05) is 13.8 Å². The number of halogens is 1. The lowest BCUT2D eigenvalue weighted by atomic mass is 10.0. The summed E-state index contributed by atoms with van der Waals surface area (Å²) in [6.07, 6.45) is 0. The van der Waals surface area contributed by atoms with Gasteiger partial charge in [-0.15, -0.1) is 0 Å². The minimum Gasteiger partial charge on any atom is -0.483 e. The smallest absolute Gasteiger partial charge is 0.261 e. The Morgan fingerprint density at radius 3 is 2.48 bits per heavy atom. The second-order valence-corrected chi connectivity index (χ2v) is 7.52. The van der Waals surface area contributed by atoms with Gasteiger partial charge in [0.1, 0.15) is 5.75 Å². The SMILES string of the molecule is CCNC(=O)COc1cc(C(C)C)c(S(=O)(=O)Cl)cc1C. The molecule has 1 N–H and O–H groups in total. The van der Waals surface area contributed by atoms with Crippen LogP contribution in [0.15, 0.2) is 17.0 Å². The van der Waals surface area contributed by atoms with Crippen molar-refractivity contribution >= 4 is 25.6 Å². The summed E-state index contributed by atoms with van der Waals surface area (Å²) in [5.41, 5.74) is 1.18. The maximum Gasteiger partial charge on any atom is 0.261 e. The second kappa shape index (κ2) is 7.13. The molecule has 0 aliphatic rings. The summed E-state index contributed by atoms with van der Waals surface area (Å²) >= 11 is 0. The van der Waals surface area contributed by atoms with Crippen molar-refractivity contribution in [1.82, 2.24) is 5.32 Å². The lowest BCUT2D eigenvalue weighted by Crippen LogP contribution is -2.28. The van der Waals surface area contributed by atoms with Gasteiger partial charge in [0.25, 0.3) is 15.0 Å². The van der Waals surface area contributed by atoms with Crippen LogP contribution >= 0.6 is 10.7 Å². The molecule has 0 saturated heterocycles. The standard InChI is InChI=1S/C14H20ClNO4S/c1-5-16-14(17)8-20-12-7-11(9(2)3)13(6-10(12)4)21(15,18)19/h6-7,9H,5,8H2,1-4H3,(H,16,17). The molecule has 118 valence electrons. The van der Waals surface area contributed by atoms with E-state index in [0.29, 0.717) is 23.4 Å². The maximum atomic E-state index is 11.6. The van der Waals surface area contributed by atoms with Crippen molar-refractivity contribution in [1.29, 1.82) is 0 Å². The molecule has 1 rings (SSSR count). The third kappa shape index (κ3) is 4.89. The summed E-state index contributed by atoms with van der Waals surface area (Å²) in [5.74, 6) is 0.215. The number of carbonyl (C=O) groups is 1. The first-order valence-electron chi connectivity index (χ1n) is 6.65. The number of rotatable bonds is 6. The van der Waals surface area contributed by atoms with Gasteiger partial charge < -0.3 is 10.1 Å². The number of ether oxygens (including phenoxy) is 1. The fourth-order valence-corrected chi connectivity index (χ4v) is 3.18. The molecule has 1 amide bonds. The minimum atomic E-state index is -3.82. The Morgan fingerprint density at radius 1 is 1.38 bits per heavy atom. The van der Waals surface area contributed by atoms with Crippen molar-refractivity contribution < 1.29 is 17.9 Å². The summed E-state index contributed by atoms with van der Waals surface area (Å²) in [6, 6.07) is 3.11. The number of benzene rings is 1. The predicted molar refractivity (Wildman–Crippen MR) is 82.5 cm³/mol. The highest BCUT2D eigenvalue weighted by Crippen LogP contribution is 2.32. The molecule has 7 heteroatoms. The average Bonchev–Trinajstić information content (AvgIpc) is 2.35. The molecule has 1 aromatic carbocycles. The fraction of sp³-hybridized carbons (Fsp3) is 0.500. The second-order valence-electron chi connectivity index (χ2n) is 4.99. The highest BCUT2D eigenvalue weighted by Gasteiger charge is 2.20. The summed E-state index contributed by atoms with van der Waals surface area (Å²) in [7, 11) is 1.65. The van der Waals surface area contributed by atoms with Gasteiger partial charge in [-0.05, 0) is 43.0 Å². The van der Waals surface area contributed by atoms with Crippen LogP contribution in [0.2, 0.25) is 0 Å². The molecule has 0 spiro atoms. The number of carbonyl (C=O) groups excluding carboxylic acids is 1. The molecule has 0 unspecified atom stereocenters. The van der Waals surface area contributed by atoms with Gasteiger partial charge in [-0.3, -0.25) is 4.79 Å². The van der Waals surface area contributed by atoms with Gasteiger partial charge in [0.15, 0.2) is 6.61 Å². The first-order valence-corrected chi connectivity index (χ1v) is 8.96. The molecule has 21 heavy (non-hydrogen) atoms. The molecule has 0 atom stereocenters. The lowest BCUT2D eigenvalue weighted by molar-refractivity contribution is -0.122. The van der Waals surface area contributed by atoms with E-state index in [1.807, 2.05) is 20.8 Å². The monoisotopic (exact) mass is 333 g/mol. The zero-order chi connectivity index (χ0) is 16.2. The van der Waals surface area contributed by atoms with Crippen LogP contribution in [-0.4, -0.2) is 27.5 Å². The number of aryl methyl sites for hydroxylation is 1. The highest BCUT2D eigenvalue weighted by atomic mass is 35.7. The first kappa shape index (κ1) is 17.8. The number of likely N-dealkylation sites (N-methyl/N-ethyl adjacent to an activating group) is 1. The molecule has 0 saturated carbocycles. The van der Waals surface area contributed by atoms with Crippen LogP contribution in [-0.2, 0) is 13.8 Å². The first-order chi connectivity index (χ1) is 9.66. The summed E-state index contributed by atoms with van der Waals surface area (Å²) in [6.45, 7) is 7.68. The molecule has 5 nitrogen and oxygen atoms in total. The van der Waals surface area contributed by atoms with Gasteiger partial charge in [-0.2, -0.15) is 0 Å². The largest absolute Gasteiger partial charge is 0.483 e. The molecule has 0 bridgehead atoms. The molecule has 0 heterocycles. The number of nitrogens with one attached hydrogen (secondary N) is 1. The van der Waals surface area contributed by atoms with Crippen LogP contribution in [0.5, 0.6) is 5.75 Å². The molecule has 0 aromatic heterocycles. The fourth-order valence-electron chi connectivity index (χ4n) is 1.89. The third-order valence-electron chi connectivity index (χ3n) is 2.92. The minimum absolute atomic E-state index is 0.0408. The Hall–Kier alpha value is -1.27. The van der Waals surface area contributed by atoms with E-state index in [9.17, 15) is 13.2 Å². The Balaban J connectivity index is 3.14. The summed E-state index contributed by atoms with van der Waals surface area (Å²) < 4.78 is 28.7. The van der Waals surface area contributed by atoms with Gasteiger partial charge >= 0.3 is 0 Å². The van der Waals surface area contributed by atoms with Crippen molar-refractivity contribution in [3.63, 3.8) is 0 Å². The molecular formula is C14H20ClNO4S. The van der Waals surface area contributed by atoms with Gasteiger partial charge in [-0.25, -0.2) is 8.42 Å². The Morgan fingerprint density at radius 2 is 2.00 bits per heavy atom. The van der Waals surface area contributed by atoms with Crippen molar-refractivity contribution in [2.24, 2.45) is 0 Å². The quantitative estimate of drug-likeness (QED) is 0.812. The van der Waals surface area contributed by atoms with E-state index in [1.165, 1.54) is 6.07 Å². The third-order valence-corrected chi connectivity index (χ3v) is 4.30. The molecule has 1 aromatic rings. The van der Waals surface area contributed by atoms with E-state index >= 15 is 0 Å². The van der Waals surface area contributed by atoms with Crippen LogP contribution in [0.25, 0.3) is 0 Å². The average molecular weight is 334 g/mol. The highest BCUT2D eigenvalue weighted by molar-refractivity contribution is 8.13. The Kier molecular flexibility index (Phi) is 6.04. The summed E-state index contributed by atoms with van der Waals surface area (Å²) in [5, 5.41) is 2.63. The van der Waals surface area contributed by atoms with E-state index in [-0.39, 0.29) is 23.3 Å². The van der Waals surface area contributed by atoms with Crippen molar-refractivity contribution in [2.45, 2.75) is 38.5 Å². The molecule has 0 radical (unpaired) electrons. The van der Waals surface area contributed by atoms with Crippen LogP contribution in [0, 0.1) is 6.92 Å². The van der Waals surface area contributed by atoms with E-state index in [2.05, 4.69) is 5.32 Å². The van der Waals surface area contributed by atoms with Crippen LogP contribution in [0.3, 0.4) is 0 Å². The molecule has 0 aliphatic heterocycles. The zero-order valence-electron chi connectivity index (χ0n) is 12.6.